The molecule has 0 unspecified atom stereocenters. The van der Waals surface area contributed by atoms with Crippen LogP contribution in [0.4, 0.5) is 10.1 Å². The number of H-pyrrole nitrogens is 1. The number of nitrogens with zero attached hydrogens (tertiary/aromatic N) is 2. The second-order valence-electron chi connectivity index (χ2n) is 6.07. The summed E-state index contributed by atoms with van der Waals surface area (Å²) >= 11 is 0. The number of benzene rings is 2. The highest BCUT2D eigenvalue weighted by molar-refractivity contribution is 5.82. The van der Waals surface area contributed by atoms with Crippen LogP contribution in [-0.2, 0) is 6.54 Å². The molecule has 1 aliphatic heterocycles. The summed E-state index contributed by atoms with van der Waals surface area (Å²) in [5, 5.41) is 1.30. The monoisotopic (exact) mass is 309 g/mol. The van der Waals surface area contributed by atoms with Crippen molar-refractivity contribution in [2.75, 3.05) is 31.1 Å². The zero-order valence-electron chi connectivity index (χ0n) is 13.0. The van der Waals surface area contributed by atoms with Gasteiger partial charge in [-0.1, -0.05) is 30.3 Å². The van der Waals surface area contributed by atoms with Gasteiger partial charge in [0.1, 0.15) is 5.82 Å². The van der Waals surface area contributed by atoms with Gasteiger partial charge in [-0.15, -0.1) is 0 Å². The molecule has 1 fully saturated rings. The molecule has 0 spiro atoms. The standard InChI is InChI=1S/C19H20FN3/c20-17-6-2-4-8-19(17)23-11-9-22(10-12-23)14-15-13-21-18-7-3-1-5-16(15)18/h1-8,13,21H,9-12,14H2. The van der Waals surface area contributed by atoms with Gasteiger partial charge < -0.3 is 9.88 Å². The van der Waals surface area contributed by atoms with Crippen molar-refractivity contribution in [1.29, 1.82) is 0 Å². The smallest absolute Gasteiger partial charge is 0.146 e. The van der Waals surface area contributed by atoms with Gasteiger partial charge in [0, 0.05) is 49.8 Å². The summed E-state index contributed by atoms with van der Waals surface area (Å²) < 4.78 is 13.9. The van der Waals surface area contributed by atoms with E-state index in [1.165, 1.54) is 22.5 Å². The molecule has 2 aromatic carbocycles. The number of hydrogen-bond acceptors (Lipinski definition) is 2. The van der Waals surface area contributed by atoms with Gasteiger partial charge in [0.2, 0.25) is 0 Å². The Morgan fingerprint density at radius 3 is 2.48 bits per heavy atom. The fourth-order valence-corrected chi connectivity index (χ4v) is 3.36. The SMILES string of the molecule is Fc1ccccc1N1CCN(Cc2c[nH]c3ccccc23)CC1. The summed E-state index contributed by atoms with van der Waals surface area (Å²) in [5.41, 5.74) is 3.24. The Labute approximate surface area is 135 Å². The van der Waals surface area contributed by atoms with Crippen LogP contribution >= 0.6 is 0 Å². The van der Waals surface area contributed by atoms with E-state index in [1.54, 1.807) is 6.07 Å². The highest BCUT2D eigenvalue weighted by atomic mass is 19.1. The Balaban J connectivity index is 1.43. The molecule has 23 heavy (non-hydrogen) atoms. The lowest BCUT2D eigenvalue weighted by Gasteiger charge is -2.36. The molecule has 1 N–H and O–H groups in total. The average molecular weight is 309 g/mol. The Morgan fingerprint density at radius 2 is 1.65 bits per heavy atom. The largest absolute Gasteiger partial charge is 0.367 e. The van der Waals surface area contributed by atoms with Crippen molar-refractivity contribution in [3.05, 3.63) is 66.1 Å². The minimum atomic E-state index is -0.127. The minimum absolute atomic E-state index is 0.127. The summed E-state index contributed by atoms with van der Waals surface area (Å²) in [6, 6.07) is 15.4. The fourth-order valence-electron chi connectivity index (χ4n) is 3.36. The lowest BCUT2D eigenvalue weighted by atomic mass is 10.1. The van der Waals surface area contributed by atoms with Crippen LogP contribution in [-0.4, -0.2) is 36.1 Å². The normalized spacial score (nSPS) is 16.1. The summed E-state index contributed by atoms with van der Waals surface area (Å²) in [6.07, 6.45) is 2.11. The number of piperazine rings is 1. The first-order valence-corrected chi connectivity index (χ1v) is 8.08. The third-order valence-corrected chi connectivity index (χ3v) is 4.63. The number of fused-ring (bicyclic) bond motifs is 1. The van der Waals surface area contributed by atoms with Crippen LogP contribution in [0.5, 0.6) is 0 Å². The molecule has 1 saturated heterocycles. The first kappa shape index (κ1) is 14.3. The van der Waals surface area contributed by atoms with Crippen molar-refractivity contribution >= 4 is 16.6 Å². The Morgan fingerprint density at radius 1 is 0.913 bits per heavy atom. The number of rotatable bonds is 3. The van der Waals surface area contributed by atoms with Gasteiger partial charge in [0.05, 0.1) is 5.69 Å². The molecule has 4 heteroatoms. The zero-order chi connectivity index (χ0) is 15.6. The number of nitrogens with one attached hydrogen (secondary N) is 1. The predicted octanol–water partition coefficient (Wildman–Crippen LogP) is 3.63. The van der Waals surface area contributed by atoms with E-state index in [4.69, 9.17) is 0 Å². The Bertz CT molecular complexity index is 803. The van der Waals surface area contributed by atoms with E-state index in [0.29, 0.717) is 0 Å². The average Bonchev–Trinajstić information content (AvgIpc) is 2.99. The second kappa shape index (κ2) is 6.05. The van der Waals surface area contributed by atoms with Crippen molar-refractivity contribution in [2.24, 2.45) is 0 Å². The fraction of sp³-hybridized carbons (Fsp3) is 0.263. The number of hydrogen-bond donors (Lipinski definition) is 1. The molecule has 3 aromatic rings. The van der Waals surface area contributed by atoms with Crippen LogP contribution in [0, 0.1) is 5.82 Å². The molecular weight excluding hydrogens is 289 g/mol. The summed E-state index contributed by atoms with van der Waals surface area (Å²) in [6.45, 7) is 4.57. The molecule has 0 amide bonds. The molecule has 0 aliphatic carbocycles. The maximum Gasteiger partial charge on any atom is 0.146 e. The quantitative estimate of drug-likeness (QED) is 0.798. The van der Waals surface area contributed by atoms with Crippen LogP contribution in [0.25, 0.3) is 10.9 Å². The maximum atomic E-state index is 13.9. The van der Waals surface area contributed by atoms with E-state index >= 15 is 0 Å². The molecule has 3 nitrogen and oxygen atoms in total. The maximum absolute atomic E-state index is 13.9. The van der Waals surface area contributed by atoms with E-state index in [9.17, 15) is 4.39 Å². The molecule has 2 heterocycles. The van der Waals surface area contributed by atoms with Gasteiger partial charge in [-0.3, -0.25) is 4.90 Å². The zero-order valence-corrected chi connectivity index (χ0v) is 13.0. The predicted molar refractivity (Wildman–Crippen MR) is 92.2 cm³/mol. The number of para-hydroxylation sites is 2. The molecule has 1 aliphatic rings. The third kappa shape index (κ3) is 2.82. The summed E-state index contributed by atoms with van der Waals surface area (Å²) in [4.78, 5) is 7.91. The lowest BCUT2D eigenvalue weighted by molar-refractivity contribution is 0.250. The number of aromatic nitrogens is 1. The van der Waals surface area contributed by atoms with Crippen molar-refractivity contribution in [3.8, 4) is 0 Å². The first-order valence-electron chi connectivity index (χ1n) is 8.08. The molecular formula is C19H20FN3. The Kier molecular flexibility index (Phi) is 3.75. The summed E-state index contributed by atoms with van der Waals surface area (Å²) in [7, 11) is 0. The van der Waals surface area contributed by atoms with Gasteiger partial charge in [0.15, 0.2) is 0 Å². The Hall–Kier alpha value is -2.33. The lowest BCUT2D eigenvalue weighted by Crippen LogP contribution is -2.46. The van der Waals surface area contributed by atoms with Crippen LogP contribution in [0.15, 0.2) is 54.7 Å². The molecule has 118 valence electrons. The highest BCUT2D eigenvalue weighted by Gasteiger charge is 2.20. The van der Waals surface area contributed by atoms with Crippen LogP contribution in [0.1, 0.15) is 5.56 Å². The minimum Gasteiger partial charge on any atom is -0.367 e. The van der Waals surface area contributed by atoms with E-state index in [1.807, 2.05) is 12.1 Å². The third-order valence-electron chi connectivity index (χ3n) is 4.63. The van der Waals surface area contributed by atoms with Crippen molar-refractivity contribution in [2.45, 2.75) is 6.54 Å². The number of aromatic amines is 1. The van der Waals surface area contributed by atoms with E-state index in [2.05, 4.69) is 45.2 Å². The number of halogens is 1. The molecule has 0 atom stereocenters. The van der Waals surface area contributed by atoms with Crippen LogP contribution < -0.4 is 4.90 Å². The molecule has 0 saturated carbocycles. The van der Waals surface area contributed by atoms with Gasteiger partial charge in [-0.2, -0.15) is 0 Å². The van der Waals surface area contributed by atoms with Crippen molar-refractivity contribution in [3.63, 3.8) is 0 Å². The van der Waals surface area contributed by atoms with E-state index in [-0.39, 0.29) is 5.82 Å². The molecule has 0 bridgehead atoms. The second-order valence-corrected chi connectivity index (χ2v) is 6.07. The van der Waals surface area contributed by atoms with Gasteiger partial charge in [0.25, 0.3) is 0 Å². The van der Waals surface area contributed by atoms with Crippen molar-refractivity contribution in [1.82, 2.24) is 9.88 Å². The highest BCUT2D eigenvalue weighted by Crippen LogP contribution is 2.23. The first-order chi connectivity index (χ1) is 11.3. The summed E-state index contributed by atoms with van der Waals surface area (Å²) in [5.74, 6) is -0.127. The van der Waals surface area contributed by atoms with Crippen molar-refractivity contribution < 1.29 is 4.39 Å². The van der Waals surface area contributed by atoms with Gasteiger partial charge >= 0.3 is 0 Å². The molecule has 1 aromatic heterocycles. The van der Waals surface area contributed by atoms with E-state index < -0.39 is 0 Å². The van der Waals surface area contributed by atoms with E-state index in [0.717, 1.165) is 38.4 Å². The van der Waals surface area contributed by atoms with Crippen LogP contribution in [0.3, 0.4) is 0 Å². The van der Waals surface area contributed by atoms with Gasteiger partial charge in [-0.25, -0.2) is 4.39 Å². The van der Waals surface area contributed by atoms with Gasteiger partial charge in [-0.05, 0) is 23.8 Å². The number of anilines is 1. The van der Waals surface area contributed by atoms with Crippen LogP contribution in [0.2, 0.25) is 0 Å². The molecule has 0 radical (unpaired) electrons. The topological polar surface area (TPSA) is 22.3 Å². The molecule has 4 rings (SSSR count).